The molecule has 18 unspecified atom stereocenters. The van der Waals surface area contributed by atoms with Crippen molar-refractivity contribution in [3.05, 3.63) is 36.5 Å². The first-order chi connectivity index (χ1) is 39.4. The number of rotatable bonds is 43. The standard InChI is InChI=1S/C59H104N2O21/c1-4-6-8-10-12-14-16-18-19-21-22-24-26-28-30-32-41(66)40(61-46(69)33-31-29-27-25-23-20-17-15-13-11-9-7-5-2)38-77-56-51(73)50(72)53(45(37-64)79-56)80-57-52(74)55(49(71)44(36-63)78-57)82-59(58(75)76)34-42(67)47(60-39(3)65)54(81-59)48(70)43(68)35-62/h20,23,27,29-30,32,40-45,47-57,62-64,66-68,70-74H,4-19,21-22,24-26,28,31,33-38H2,1-3H3,(H,60,65)(H,61,69)(H,75,76)/b23-20-,29-27-,32-30+. The van der Waals surface area contributed by atoms with Gasteiger partial charge in [-0.1, -0.05) is 159 Å². The quantitative estimate of drug-likeness (QED) is 0.0308. The number of aliphatic hydroxyl groups is 11. The van der Waals surface area contributed by atoms with Gasteiger partial charge in [0.1, 0.15) is 67.1 Å². The number of aliphatic carboxylic acids is 1. The number of carboxylic acid groups (broad SMARTS) is 1. The van der Waals surface area contributed by atoms with Gasteiger partial charge in [0.15, 0.2) is 12.6 Å². The van der Waals surface area contributed by atoms with E-state index in [4.69, 9.17) is 28.4 Å². The van der Waals surface area contributed by atoms with E-state index < -0.39 is 155 Å². The highest BCUT2D eigenvalue weighted by atomic mass is 16.8. The molecule has 0 aromatic carbocycles. The van der Waals surface area contributed by atoms with E-state index in [1.54, 1.807) is 6.08 Å². The Bertz CT molecular complexity index is 1830. The van der Waals surface area contributed by atoms with Crippen molar-refractivity contribution in [2.24, 2.45) is 0 Å². The average molecular weight is 1180 g/mol. The van der Waals surface area contributed by atoms with Gasteiger partial charge >= 0.3 is 5.97 Å². The summed E-state index contributed by atoms with van der Waals surface area (Å²) in [5, 5.41) is 135. The van der Waals surface area contributed by atoms with Crippen molar-refractivity contribution in [2.45, 2.75) is 291 Å². The van der Waals surface area contributed by atoms with Crippen LogP contribution in [-0.4, -0.2) is 215 Å². The number of carbonyl (C=O) groups is 3. The van der Waals surface area contributed by atoms with Crippen molar-refractivity contribution in [3.63, 3.8) is 0 Å². The average Bonchev–Trinajstić information content (AvgIpc) is 3.60. The lowest BCUT2D eigenvalue weighted by atomic mass is 9.88. The van der Waals surface area contributed by atoms with Crippen LogP contribution in [0.4, 0.5) is 0 Å². The Hall–Kier alpha value is -3.05. The Morgan fingerprint density at radius 1 is 0.646 bits per heavy atom. The van der Waals surface area contributed by atoms with Crippen molar-refractivity contribution >= 4 is 17.8 Å². The molecule has 0 aliphatic carbocycles. The predicted octanol–water partition coefficient (Wildman–Crippen LogP) is 2.72. The van der Waals surface area contributed by atoms with Crippen LogP contribution in [0.25, 0.3) is 0 Å². The van der Waals surface area contributed by atoms with Gasteiger partial charge in [-0.2, -0.15) is 0 Å². The summed E-state index contributed by atoms with van der Waals surface area (Å²) in [5.74, 6) is -6.22. The molecular weight excluding hydrogens is 1070 g/mol. The number of allylic oxidation sites excluding steroid dienone is 5. The molecule has 3 saturated heterocycles. The van der Waals surface area contributed by atoms with Gasteiger partial charge in [0.2, 0.25) is 11.8 Å². The zero-order valence-corrected chi connectivity index (χ0v) is 48.8. The lowest BCUT2D eigenvalue weighted by Gasteiger charge is -2.50. The maximum absolute atomic E-state index is 13.3. The summed E-state index contributed by atoms with van der Waals surface area (Å²) in [5.41, 5.74) is 0. The van der Waals surface area contributed by atoms with Gasteiger partial charge in [-0.3, -0.25) is 9.59 Å². The first-order valence-electron chi connectivity index (χ1n) is 30.4. The van der Waals surface area contributed by atoms with Gasteiger partial charge < -0.3 is 100 Å². The summed E-state index contributed by atoms with van der Waals surface area (Å²) in [6.45, 7) is 2.03. The lowest BCUT2D eigenvalue weighted by molar-refractivity contribution is -0.386. The van der Waals surface area contributed by atoms with Crippen LogP contribution in [0.2, 0.25) is 0 Å². The van der Waals surface area contributed by atoms with Gasteiger partial charge in [0.05, 0.1) is 50.7 Å². The van der Waals surface area contributed by atoms with E-state index in [2.05, 4.69) is 36.6 Å². The fourth-order valence-electron chi connectivity index (χ4n) is 10.4. The molecule has 3 aliphatic heterocycles. The summed E-state index contributed by atoms with van der Waals surface area (Å²) in [7, 11) is 0. The number of carboxylic acids is 1. The highest BCUT2D eigenvalue weighted by molar-refractivity contribution is 5.77. The molecule has 0 aromatic heterocycles. The topological polar surface area (TPSA) is 373 Å². The van der Waals surface area contributed by atoms with Crippen LogP contribution in [0.1, 0.15) is 181 Å². The Kier molecular flexibility index (Phi) is 36.7. The van der Waals surface area contributed by atoms with Crippen molar-refractivity contribution in [1.29, 1.82) is 0 Å². The zero-order valence-electron chi connectivity index (χ0n) is 48.8. The third kappa shape index (κ3) is 25.1. The molecule has 2 amide bonds. The van der Waals surface area contributed by atoms with Crippen LogP contribution in [0.15, 0.2) is 36.5 Å². The Labute approximate surface area is 485 Å². The van der Waals surface area contributed by atoms with Crippen LogP contribution < -0.4 is 10.6 Å². The van der Waals surface area contributed by atoms with Crippen molar-refractivity contribution in [2.75, 3.05) is 26.4 Å². The number of aliphatic hydroxyl groups excluding tert-OH is 11. The summed E-state index contributed by atoms with van der Waals surface area (Å²) >= 11 is 0. The fourth-order valence-corrected chi connectivity index (χ4v) is 10.4. The minimum atomic E-state index is -3.08. The molecule has 3 aliphatic rings. The molecule has 0 radical (unpaired) electrons. The SMILES string of the molecule is CCCCCCCC/C=C\C/C=C\CCC(=O)NC(COC1OC(CO)C(OC2OC(CO)C(O)C(OC3(C(=O)O)CC(O)C(NC(C)=O)C(C(O)C(O)CO)O3)C2O)C(O)C1O)C(O)/C=C/CCCCCCCCCCCCCCC. The number of carbonyl (C=O) groups excluding carboxylic acids is 2. The summed E-state index contributed by atoms with van der Waals surface area (Å²) in [6, 6.07) is -2.65. The van der Waals surface area contributed by atoms with Gasteiger partial charge in [-0.05, 0) is 38.5 Å². The van der Waals surface area contributed by atoms with Crippen molar-refractivity contribution in [1.82, 2.24) is 10.6 Å². The molecule has 23 nitrogen and oxygen atoms in total. The molecule has 0 bridgehead atoms. The zero-order chi connectivity index (χ0) is 60.5. The molecule has 0 aromatic rings. The molecule has 0 spiro atoms. The van der Waals surface area contributed by atoms with Crippen LogP contribution in [0.5, 0.6) is 0 Å². The number of nitrogens with one attached hydrogen (secondary N) is 2. The van der Waals surface area contributed by atoms with E-state index in [1.807, 2.05) is 18.2 Å². The molecule has 18 atom stereocenters. The van der Waals surface area contributed by atoms with Crippen LogP contribution in [0.3, 0.4) is 0 Å². The van der Waals surface area contributed by atoms with Gasteiger partial charge in [-0.15, -0.1) is 0 Å². The minimum absolute atomic E-state index is 0.0929. The Morgan fingerprint density at radius 2 is 1.18 bits per heavy atom. The first kappa shape index (κ1) is 73.2. The maximum Gasteiger partial charge on any atom is 0.364 e. The summed E-state index contributed by atoms with van der Waals surface area (Å²) in [6.07, 6.45) is 8.05. The predicted molar refractivity (Wildman–Crippen MR) is 301 cm³/mol. The van der Waals surface area contributed by atoms with E-state index >= 15 is 0 Å². The third-order valence-corrected chi connectivity index (χ3v) is 15.3. The smallest absolute Gasteiger partial charge is 0.364 e. The van der Waals surface area contributed by atoms with Crippen molar-refractivity contribution < 1.29 is 104 Å². The highest BCUT2D eigenvalue weighted by Crippen LogP contribution is 2.38. The number of amides is 2. The number of hydrogen-bond donors (Lipinski definition) is 14. The van der Waals surface area contributed by atoms with E-state index in [1.165, 1.54) is 96.3 Å². The summed E-state index contributed by atoms with van der Waals surface area (Å²) < 4.78 is 34.6. The van der Waals surface area contributed by atoms with Crippen LogP contribution in [0, 0.1) is 0 Å². The third-order valence-electron chi connectivity index (χ3n) is 15.3. The molecule has 23 heteroatoms. The minimum Gasteiger partial charge on any atom is -0.477 e. The highest BCUT2D eigenvalue weighted by Gasteiger charge is 2.60. The molecule has 3 heterocycles. The second-order valence-electron chi connectivity index (χ2n) is 22.2. The van der Waals surface area contributed by atoms with Crippen molar-refractivity contribution in [3.8, 4) is 0 Å². The lowest BCUT2D eigenvalue weighted by Crippen LogP contribution is -2.70. The van der Waals surface area contributed by atoms with E-state index in [0.29, 0.717) is 12.8 Å². The molecule has 3 rings (SSSR count). The normalized spacial score (nSPS) is 30.4. The largest absolute Gasteiger partial charge is 0.477 e. The van der Waals surface area contributed by atoms with Crippen LogP contribution in [-0.2, 0) is 42.8 Å². The fraction of sp³-hybridized carbons (Fsp3) is 0.847. The van der Waals surface area contributed by atoms with E-state index in [0.717, 1.165) is 45.4 Å². The van der Waals surface area contributed by atoms with Gasteiger partial charge in [0.25, 0.3) is 5.79 Å². The molecule has 3 fully saturated rings. The molecule has 476 valence electrons. The van der Waals surface area contributed by atoms with Gasteiger partial charge in [0, 0.05) is 19.8 Å². The second kappa shape index (κ2) is 41.1. The number of ether oxygens (including phenoxy) is 6. The van der Waals surface area contributed by atoms with Gasteiger partial charge in [-0.25, -0.2) is 4.79 Å². The van der Waals surface area contributed by atoms with Crippen LogP contribution >= 0.6 is 0 Å². The Balaban J connectivity index is 1.69. The summed E-state index contributed by atoms with van der Waals surface area (Å²) in [4.78, 5) is 38.3. The molecule has 82 heavy (non-hydrogen) atoms. The maximum atomic E-state index is 13.3. The van der Waals surface area contributed by atoms with E-state index in [-0.39, 0.29) is 12.3 Å². The number of hydrogen-bond acceptors (Lipinski definition) is 20. The number of unbranched alkanes of at least 4 members (excludes halogenated alkanes) is 19. The molecule has 0 saturated carbocycles. The molecule has 14 N–H and O–H groups in total. The first-order valence-corrected chi connectivity index (χ1v) is 30.4. The molecular formula is C59H104N2O21. The second-order valence-corrected chi connectivity index (χ2v) is 22.2. The van der Waals surface area contributed by atoms with E-state index in [9.17, 15) is 75.7 Å². The Morgan fingerprint density at radius 3 is 1.72 bits per heavy atom. The monoisotopic (exact) mass is 1180 g/mol.